The van der Waals surface area contributed by atoms with Crippen LogP contribution in [0.15, 0.2) is 18.2 Å². The van der Waals surface area contributed by atoms with E-state index in [1.807, 2.05) is 0 Å². The van der Waals surface area contributed by atoms with Gasteiger partial charge in [0.2, 0.25) is 5.91 Å². The molecule has 1 fully saturated rings. The first-order valence-corrected chi connectivity index (χ1v) is 7.41. The minimum atomic E-state index is -3.13. The van der Waals surface area contributed by atoms with Crippen molar-refractivity contribution in [1.29, 1.82) is 0 Å². The number of carboxylic acids is 1. The lowest BCUT2D eigenvalue weighted by atomic mass is 10.1. The highest BCUT2D eigenvalue weighted by Gasteiger charge is 2.33. The van der Waals surface area contributed by atoms with E-state index in [1.165, 1.54) is 18.2 Å². The van der Waals surface area contributed by atoms with Crippen molar-refractivity contribution in [2.45, 2.75) is 6.42 Å². The third kappa shape index (κ3) is 3.28. The fraction of sp³-hybridized carbons (Fsp3) is 0.364. The molecule has 1 amide bonds. The van der Waals surface area contributed by atoms with Gasteiger partial charge in [-0.3, -0.25) is 4.79 Å². The highest BCUT2D eigenvalue weighted by molar-refractivity contribution is 7.91. The molecular weight excluding hydrogens is 272 g/mol. The maximum absolute atomic E-state index is 11.8. The summed E-state index contributed by atoms with van der Waals surface area (Å²) in [4.78, 5) is 26.3. The molecule has 2 rings (SSSR count). The van der Waals surface area contributed by atoms with E-state index in [1.54, 1.807) is 0 Å². The summed E-state index contributed by atoms with van der Waals surface area (Å²) in [5.74, 6) is -2.30. The Morgan fingerprint density at radius 3 is 2.68 bits per heavy atom. The smallest absolute Gasteiger partial charge is 0.354 e. The van der Waals surface area contributed by atoms with Gasteiger partial charge in [-0.1, -0.05) is 6.07 Å². The molecule has 1 saturated heterocycles. The topological polar surface area (TPSA) is 113 Å². The number of anilines is 1. The molecule has 0 radical (unpaired) electrons. The monoisotopic (exact) mass is 284 g/mol. The maximum atomic E-state index is 11.8. The molecule has 0 saturated carbocycles. The number of carbonyl (C=O) groups excluding carboxylic acids is 1. The second-order valence-electron chi connectivity index (χ2n) is 4.30. The zero-order valence-corrected chi connectivity index (χ0v) is 10.7. The number of carbonyl (C=O) groups is 2. The van der Waals surface area contributed by atoms with Crippen molar-refractivity contribution in [1.82, 2.24) is 4.98 Å². The molecule has 1 aliphatic rings. The molecule has 19 heavy (non-hydrogen) atoms. The van der Waals surface area contributed by atoms with Crippen LogP contribution >= 0.6 is 0 Å². The molecular formula is C11H12N2O5S. The number of hydrogen-bond acceptors (Lipinski definition) is 5. The van der Waals surface area contributed by atoms with Gasteiger partial charge in [0.1, 0.15) is 5.82 Å². The minimum absolute atomic E-state index is 0.00762. The van der Waals surface area contributed by atoms with E-state index < -0.39 is 27.6 Å². The molecule has 7 nitrogen and oxygen atoms in total. The number of pyridine rings is 1. The van der Waals surface area contributed by atoms with E-state index in [9.17, 15) is 18.0 Å². The first-order valence-electron chi connectivity index (χ1n) is 5.59. The second kappa shape index (κ2) is 4.96. The van der Waals surface area contributed by atoms with Gasteiger partial charge in [-0.15, -0.1) is 0 Å². The molecule has 1 atom stereocenters. The van der Waals surface area contributed by atoms with Gasteiger partial charge in [0.05, 0.1) is 17.4 Å². The summed E-state index contributed by atoms with van der Waals surface area (Å²) in [6, 6.07) is 4.21. The predicted molar refractivity (Wildman–Crippen MR) is 66.6 cm³/mol. The quantitative estimate of drug-likeness (QED) is 0.817. The van der Waals surface area contributed by atoms with Crippen LogP contribution < -0.4 is 5.32 Å². The lowest BCUT2D eigenvalue weighted by Gasteiger charge is -2.08. The summed E-state index contributed by atoms with van der Waals surface area (Å²) in [7, 11) is -3.13. The van der Waals surface area contributed by atoms with Crippen molar-refractivity contribution in [2.75, 3.05) is 16.8 Å². The van der Waals surface area contributed by atoms with Crippen molar-refractivity contribution < 1.29 is 23.1 Å². The Morgan fingerprint density at radius 2 is 2.11 bits per heavy atom. The zero-order valence-electron chi connectivity index (χ0n) is 9.87. The van der Waals surface area contributed by atoms with Gasteiger partial charge in [0, 0.05) is 0 Å². The number of rotatable bonds is 3. The van der Waals surface area contributed by atoms with Gasteiger partial charge < -0.3 is 10.4 Å². The SMILES string of the molecule is O=C(O)c1cccc(NC(=O)C2CCS(=O)(=O)C2)n1. The fourth-order valence-electron chi connectivity index (χ4n) is 1.85. The Kier molecular flexibility index (Phi) is 3.52. The summed E-state index contributed by atoms with van der Waals surface area (Å²) in [6.45, 7) is 0. The maximum Gasteiger partial charge on any atom is 0.354 e. The van der Waals surface area contributed by atoms with Crippen molar-refractivity contribution in [3.63, 3.8) is 0 Å². The highest BCUT2D eigenvalue weighted by atomic mass is 32.2. The van der Waals surface area contributed by atoms with Gasteiger partial charge >= 0.3 is 5.97 Å². The van der Waals surface area contributed by atoms with Crippen LogP contribution in [0.3, 0.4) is 0 Å². The van der Waals surface area contributed by atoms with E-state index in [0.29, 0.717) is 0 Å². The standard InChI is InChI=1S/C11H12N2O5S/c14-10(7-4-5-19(17,18)6-7)13-9-3-1-2-8(12-9)11(15)16/h1-3,7H,4-6H2,(H,15,16)(H,12,13,14). The summed E-state index contributed by atoms with van der Waals surface area (Å²) < 4.78 is 22.5. The lowest BCUT2D eigenvalue weighted by molar-refractivity contribution is -0.119. The van der Waals surface area contributed by atoms with Crippen LogP contribution in [0.2, 0.25) is 0 Å². The van der Waals surface area contributed by atoms with E-state index in [-0.39, 0.29) is 29.4 Å². The molecule has 1 aromatic rings. The number of sulfone groups is 1. The minimum Gasteiger partial charge on any atom is -0.477 e. The summed E-state index contributed by atoms with van der Waals surface area (Å²) in [5, 5.41) is 11.2. The number of aromatic nitrogens is 1. The number of nitrogens with zero attached hydrogens (tertiary/aromatic N) is 1. The van der Waals surface area contributed by atoms with E-state index in [4.69, 9.17) is 5.11 Å². The molecule has 1 unspecified atom stereocenters. The molecule has 0 aliphatic carbocycles. The van der Waals surface area contributed by atoms with E-state index >= 15 is 0 Å². The third-order valence-corrected chi connectivity index (χ3v) is 4.59. The second-order valence-corrected chi connectivity index (χ2v) is 6.53. The normalized spacial score (nSPS) is 20.9. The molecule has 1 aliphatic heterocycles. The molecule has 1 aromatic heterocycles. The van der Waals surface area contributed by atoms with Crippen LogP contribution in [0.1, 0.15) is 16.9 Å². The summed E-state index contributed by atoms with van der Waals surface area (Å²) in [5.41, 5.74) is -0.183. The molecule has 2 N–H and O–H groups in total. The average molecular weight is 284 g/mol. The summed E-state index contributed by atoms with van der Waals surface area (Å²) in [6.07, 6.45) is 0.285. The lowest BCUT2D eigenvalue weighted by Crippen LogP contribution is -2.24. The molecule has 0 aromatic carbocycles. The van der Waals surface area contributed by atoms with Crippen LogP contribution in [0, 0.1) is 5.92 Å². The summed E-state index contributed by atoms with van der Waals surface area (Å²) >= 11 is 0. The fourth-order valence-corrected chi connectivity index (χ4v) is 3.59. The first-order chi connectivity index (χ1) is 8.87. The molecule has 102 valence electrons. The Hall–Kier alpha value is -1.96. The number of carboxylic acid groups (broad SMARTS) is 1. The Morgan fingerprint density at radius 1 is 1.37 bits per heavy atom. The van der Waals surface area contributed by atoms with Gasteiger partial charge in [-0.25, -0.2) is 18.2 Å². The average Bonchev–Trinajstić information content (AvgIpc) is 2.70. The van der Waals surface area contributed by atoms with Crippen LogP contribution in [0.4, 0.5) is 5.82 Å². The first kappa shape index (κ1) is 13.5. The van der Waals surface area contributed by atoms with Gasteiger partial charge in [-0.2, -0.15) is 0 Å². The van der Waals surface area contributed by atoms with E-state index in [0.717, 1.165) is 0 Å². The van der Waals surface area contributed by atoms with Crippen molar-refractivity contribution in [2.24, 2.45) is 5.92 Å². The molecule has 0 spiro atoms. The third-order valence-electron chi connectivity index (χ3n) is 2.82. The molecule has 2 heterocycles. The van der Waals surface area contributed by atoms with Crippen molar-refractivity contribution >= 4 is 27.5 Å². The largest absolute Gasteiger partial charge is 0.477 e. The van der Waals surface area contributed by atoms with Crippen LogP contribution in [0.25, 0.3) is 0 Å². The number of hydrogen-bond donors (Lipinski definition) is 2. The van der Waals surface area contributed by atoms with Crippen LogP contribution in [-0.2, 0) is 14.6 Å². The van der Waals surface area contributed by atoms with Gasteiger partial charge in [0.25, 0.3) is 0 Å². The van der Waals surface area contributed by atoms with E-state index in [2.05, 4.69) is 10.3 Å². The van der Waals surface area contributed by atoms with Gasteiger partial charge in [-0.05, 0) is 18.6 Å². The molecule has 0 bridgehead atoms. The van der Waals surface area contributed by atoms with Crippen molar-refractivity contribution in [3.05, 3.63) is 23.9 Å². The Labute approximate surface area is 109 Å². The highest BCUT2D eigenvalue weighted by Crippen LogP contribution is 2.20. The predicted octanol–water partition coefficient (Wildman–Crippen LogP) is 0.153. The Bertz CT molecular complexity index is 626. The molecule has 8 heteroatoms. The number of amides is 1. The van der Waals surface area contributed by atoms with Crippen molar-refractivity contribution in [3.8, 4) is 0 Å². The van der Waals surface area contributed by atoms with Gasteiger partial charge in [0.15, 0.2) is 15.5 Å². The van der Waals surface area contributed by atoms with Crippen LogP contribution in [0.5, 0.6) is 0 Å². The Balaban J connectivity index is 2.07. The number of aromatic carboxylic acids is 1. The number of nitrogens with one attached hydrogen (secondary N) is 1. The zero-order chi connectivity index (χ0) is 14.0. The van der Waals surface area contributed by atoms with Crippen LogP contribution in [-0.4, -0.2) is 41.9 Å².